The number of rotatable bonds is 7. The number of benzene rings is 2. The van der Waals surface area contributed by atoms with E-state index >= 15 is 0 Å². The van der Waals surface area contributed by atoms with Crippen LogP contribution in [0.25, 0.3) is 6.08 Å². The number of methoxy groups -OCH3 is 1. The number of hydrogen-bond donors (Lipinski definition) is 1. The van der Waals surface area contributed by atoms with Crippen molar-refractivity contribution in [2.24, 2.45) is 5.10 Å². The minimum atomic E-state index is -0.378. The highest BCUT2D eigenvalue weighted by molar-refractivity contribution is 6.32. The van der Waals surface area contributed by atoms with Crippen LogP contribution in [0.3, 0.4) is 0 Å². The largest absolute Gasteiger partial charge is 0.496 e. The first-order valence-electron chi connectivity index (χ1n) is 7.19. The zero-order chi connectivity index (χ0) is 17.2. The first kappa shape index (κ1) is 17.6. The van der Waals surface area contributed by atoms with Gasteiger partial charge in [0.1, 0.15) is 11.5 Å². The second kappa shape index (κ2) is 9.37. The Bertz CT molecular complexity index is 745. The maximum atomic E-state index is 11.6. The first-order chi connectivity index (χ1) is 11.7. The van der Waals surface area contributed by atoms with E-state index in [1.54, 1.807) is 37.5 Å². The summed E-state index contributed by atoms with van der Waals surface area (Å²) in [6.45, 7) is -0.169. The van der Waals surface area contributed by atoms with Crippen molar-refractivity contribution in [3.8, 4) is 11.5 Å². The zero-order valence-electron chi connectivity index (χ0n) is 13.1. The van der Waals surface area contributed by atoms with Gasteiger partial charge in [0.25, 0.3) is 5.91 Å². The van der Waals surface area contributed by atoms with Crippen molar-refractivity contribution in [2.45, 2.75) is 0 Å². The molecule has 124 valence electrons. The zero-order valence-corrected chi connectivity index (χ0v) is 13.9. The Morgan fingerprint density at radius 1 is 1.17 bits per heavy atom. The van der Waals surface area contributed by atoms with E-state index in [-0.39, 0.29) is 12.5 Å². The smallest absolute Gasteiger partial charge is 0.277 e. The maximum absolute atomic E-state index is 11.6. The topological polar surface area (TPSA) is 59.9 Å². The monoisotopic (exact) mass is 344 g/mol. The van der Waals surface area contributed by atoms with Gasteiger partial charge < -0.3 is 9.47 Å². The van der Waals surface area contributed by atoms with Crippen molar-refractivity contribution in [2.75, 3.05) is 13.7 Å². The second-order valence-electron chi connectivity index (χ2n) is 4.63. The van der Waals surface area contributed by atoms with Crippen molar-refractivity contribution >= 4 is 29.8 Å². The summed E-state index contributed by atoms with van der Waals surface area (Å²) in [5, 5.41) is 4.26. The molecule has 0 saturated carbocycles. The van der Waals surface area contributed by atoms with Crippen LogP contribution in [0.15, 0.2) is 59.7 Å². The number of carbonyl (C=O) groups is 1. The summed E-state index contributed by atoms with van der Waals surface area (Å²) in [7, 11) is 1.61. The van der Waals surface area contributed by atoms with Crippen LogP contribution in [0.2, 0.25) is 5.02 Å². The lowest BCUT2D eigenvalue weighted by atomic mass is 10.2. The summed E-state index contributed by atoms with van der Waals surface area (Å²) >= 11 is 5.93. The van der Waals surface area contributed by atoms with E-state index in [4.69, 9.17) is 21.1 Å². The average molecular weight is 345 g/mol. The van der Waals surface area contributed by atoms with E-state index in [0.29, 0.717) is 10.8 Å². The Morgan fingerprint density at radius 3 is 2.62 bits per heavy atom. The molecule has 5 nitrogen and oxygen atoms in total. The van der Waals surface area contributed by atoms with E-state index in [1.165, 1.54) is 6.21 Å². The Balaban J connectivity index is 1.78. The summed E-state index contributed by atoms with van der Waals surface area (Å²) in [6.07, 6.45) is 5.00. The van der Waals surface area contributed by atoms with Crippen molar-refractivity contribution in [3.05, 3.63) is 65.2 Å². The highest BCUT2D eigenvalue weighted by Crippen LogP contribution is 2.22. The summed E-state index contributed by atoms with van der Waals surface area (Å²) in [6, 6.07) is 14.5. The number of ether oxygens (including phenoxy) is 2. The molecule has 0 aliphatic heterocycles. The Kier molecular flexibility index (Phi) is 6.86. The fourth-order valence-electron chi connectivity index (χ4n) is 1.84. The van der Waals surface area contributed by atoms with Crippen LogP contribution >= 0.6 is 11.6 Å². The maximum Gasteiger partial charge on any atom is 0.277 e. The van der Waals surface area contributed by atoms with Gasteiger partial charge in [0.05, 0.1) is 12.1 Å². The Labute approximate surface area is 145 Å². The third kappa shape index (κ3) is 5.44. The molecule has 0 heterocycles. The lowest BCUT2D eigenvalue weighted by Gasteiger charge is -2.06. The molecule has 0 aromatic heterocycles. The molecular weight excluding hydrogens is 328 g/mol. The van der Waals surface area contributed by atoms with Crippen LogP contribution in [0.1, 0.15) is 5.56 Å². The molecular formula is C18H17ClN2O3. The van der Waals surface area contributed by atoms with E-state index < -0.39 is 0 Å². The number of hydrazone groups is 1. The van der Waals surface area contributed by atoms with Gasteiger partial charge in [0.2, 0.25) is 0 Å². The normalized spacial score (nSPS) is 10.9. The van der Waals surface area contributed by atoms with Crippen LogP contribution in [0.5, 0.6) is 11.5 Å². The van der Waals surface area contributed by atoms with Gasteiger partial charge in [0, 0.05) is 11.8 Å². The van der Waals surface area contributed by atoms with Crippen LogP contribution in [-0.2, 0) is 4.79 Å². The highest BCUT2D eigenvalue weighted by Gasteiger charge is 2.03. The quantitative estimate of drug-likeness (QED) is 0.617. The molecule has 6 heteroatoms. The predicted molar refractivity (Wildman–Crippen MR) is 95.6 cm³/mol. The van der Waals surface area contributed by atoms with Gasteiger partial charge in [-0.15, -0.1) is 0 Å². The number of halogens is 1. The van der Waals surface area contributed by atoms with Crippen LogP contribution < -0.4 is 14.9 Å². The molecule has 2 rings (SSSR count). The molecule has 0 atom stereocenters. The van der Waals surface area contributed by atoms with Crippen molar-refractivity contribution in [1.82, 2.24) is 5.43 Å². The summed E-state index contributed by atoms with van der Waals surface area (Å²) in [4.78, 5) is 11.6. The highest BCUT2D eigenvalue weighted by atomic mass is 35.5. The predicted octanol–water partition coefficient (Wildman–Crippen LogP) is 3.54. The number of allylic oxidation sites excluding steroid dienone is 1. The molecule has 0 bridgehead atoms. The Morgan fingerprint density at radius 2 is 1.88 bits per heavy atom. The first-order valence-corrected chi connectivity index (χ1v) is 7.57. The average Bonchev–Trinajstić information content (AvgIpc) is 2.61. The number of hydrogen-bond acceptors (Lipinski definition) is 4. The molecule has 0 unspecified atom stereocenters. The van der Waals surface area contributed by atoms with E-state index in [9.17, 15) is 4.79 Å². The summed E-state index contributed by atoms with van der Waals surface area (Å²) in [5.41, 5.74) is 3.28. The Hall–Kier alpha value is -2.79. The molecule has 2 aromatic rings. The minimum absolute atomic E-state index is 0.169. The third-order valence-electron chi connectivity index (χ3n) is 2.96. The number of nitrogens with zero attached hydrogens (tertiary/aromatic N) is 1. The number of carbonyl (C=O) groups excluding carboxylic acids is 1. The lowest BCUT2D eigenvalue weighted by Crippen LogP contribution is -2.24. The molecule has 1 N–H and O–H groups in total. The summed E-state index contributed by atoms with van der Waals surface area (Å²) in [5.74, 6) is 0.838. The van der Waals surface area contributed by atoms with Crippen molar-refractivity contribution in [3.63, 3.8) is 0 Å². The van der Waals surface area contributed by atoms with E-state index in [0.717, 1.165) is 11.3 Å². The fraction of sp³-hybridized carbons (Fsp3) is 0.111. The van der Waals surface area contributed by atoms with Gasteiger partial charge in [-0.25, -0.2) is 5.43 Å². The van der Waals surface area contributed by atoms with Crippen molar-refractivity contribution < 1.29 is 14.3 Å². The molecule has 0 saturated heterocycles. The number of para-hydroxylation sites is 2. The van der Waals surface area contributed by atoms with E-state index in [1.807, 2.05) is 30.3 Å². The van der Waals surface area contributed by atoms with Crippen LogP contribution in [0.4, 0.5) is 0 Å². The van der Waals surface area contributed by atoms with Crippen molar-refractivity contribution in [1.29, 1.82) is 0 Å². The fourth-order valence-corrected chi connectivity index (χ4v) is 2.03. The number of nitrogens with one attached hydrogen (secondary N) is 1. The van der Waals surface area contributed by atoms with Gasteiger partial charge in [-0.3, -0.25) is 4.79 Å². The molecule has 0 fully saturated rings. The summed E-state index contributed by atoms with van der Waals surface area (Å²) < 4.78 is 10.5. The number of amides is 1. The van der Waals surface area contributed by atoms with Crippen LogP contribution in [0, 0.1) is 0 Å². The van der Waals surface area contributed by atoms with Gasteiger partial charge in [-0.1, -0.05) is 41.9 Å². The SMILES string of the molecule is COc1ccccc1/C=C/C=N\NC(=O)COc1ccccc1Cl. The van der Waals surface area contributed by atoms with Gasteiger partial charge in [0.15, 0.2) is 6.61 Å². The molecule has 24 heavy (non-hydrogen) atoms. The van der Waals surface area contributed by atoms with Gasteiger partial charge in [-0.05, 0) is 30.4 Å². The molecule has 0 spiro atoms. The lowest BCUT2D eigenvalue weighted by molar-refractivity contribution is -0.123. The third-order valence-corrected chi connectivity index (χ3v) is 3.27. The molecule has 0 aliphatic rings. The standard InChI is InChI=1S/C18H17ClN2O3/c1-23-16-10-4-2-7-14(16)8-6-12-20-21-18(22)13-24-17-11-5-3-9-15(17)19/h2-12H,13H2,1H3,(H,21,22)/b8-6+,20-12-. The molecule has 2 aromatic carbocycles. The molecule has 1 amide bonds. The van der Waals surface area contributed by atoms with Gasteiger partial charge >= 0.3 is 0 Å². The molecule has 0 aliphatic carbocycles. The van der Waals surface area contributed by atoms with Gasteiger partial charge in [-0.2, -0.15) is 5.10 Å². The molecule has 0 radical (unpaired) electrons. The minimum Gasteiger partial charge on any atom is -0.496 e. The second-order valence-corrected chi connectivity index (χ2v) is 5.04. The van der Waals surface area contributed by atoms with E-state index in [2.05, 4.69) is 10.5 Å². The van der Waals surface area contributed by atoms with Crippen LogP contribution in [-0.4, -0.2) is 25.8 Å².